The summed E-state index contributed by atoms with van der Waals surface area (Å²) in [5.74, 6) is 0.100. The van der Waals surface area contributed by atoms with Gasteiger partial charge < -0.3 is 4.74 Å². The zero-order valence-corrected chi connectivity index (χ0v) is 21.3. The molecule has 0 bridgehead atoms. The van der Waals surface area contributed by atoms with Crippen molar-refractivity contribution in [3.63, 3.8) is 0 Å². The SMILES string of the molecule is O=C(CN(c1ccc(Cl)cc1)S(=O)(=O)c1ccccc1)NN=Cc1ccc(OCc2ccccc2)cc1. The first-order valence-electron chi connectivity index (χ1n) is 11.3. The summed E-state index contributed by atoms with van der Waals surface area (Å²) < 4.78 is 33.4. The summed E-state index contributed by atoms with van der Waals surface area (Å²) in [6, 6.07) is 31.2. The van der Waals surface area contributed by atoms with Crippen LogP contribution in [0, 0.1) is 0 Å². The smallest absolute Gasteiger partial charge is 0.264 e. The van der Waals surface area contributed by atoms with Crippen molar-refractivity contribution in [1.29, 1.82) is 0 Å². The molecule has 0 atom stereocenters. The first-order chi connectivity index (χ1) is 17.9. The van der Waals surface area contributed by atoms with Crippen LogP contribution in [0.5, 0.6) is 5.75 Å². The summed E-state index contributed by atoms with van der Waals surface area (Å²) in [5.41, 5.74) is 4.50. The number of ether oxygens (including phenoxy) is 1. The number of halogens is 1. The number of nitrogens with one attached hydrogen (secondary N) is 1. The van der Waals surface area contributed by atoms with Crippen LogP contribution in [-0.2, 0) is 21.4 Å². The Morgan fingerprint density at radius 2 is 1.49 bits per heavy atom. The van der Waals surface area contributed by atoms with Crippen molar-refractivity contribution < 1.29 is 17.9 Å². The molecule has 9 heteroatoms. The minimum absolute atomic E-state index is 0.0656. The van der Waals surface area contributed by atoms with E-state index in [1.807, 2.05) is 30.3 Å². The molecule has 4 aromatic carbocycles. The lowest BCUT2D eigenvalue weighted by atomic mass is 10.2. The van der Waals surface area contributed by atoms with Crippen molar-refractivity contribution in [2.75, 3.05) is 10.8 Å². The van der Waals surface area contributed by atoms with E-state index in [9.17, 15) is 13.2 Å². The van der Waals surface area contributed by atoms with Gasteiger partial charge in [0.2, 0.25) is 0 Å². The molecular weight excluding hydrogens is 510 g/mol. The van der Waals surface area contributed by atoms with E-state index in [-0.39, 0.29) is 4.90 Å². The zero-order valence-electron chi connectivity index (χ0n) is 19.7. The highest BCUT2D eigenvalue weighted by Gasteiger charge is 2.27. The Bertz CT molecular complexity index is 1450. The van der Waals surface area contributed by atoms with Crippen molar-refractivity contribution in [2.24, 2.45) is 5.10 Å². The van der Waals surface area contributed by atoms with Crippen LogP contribution >= 0.6 is 11.6 Å². The summed E-state index contributed by atoms with van der Waals surface area (Å²) in [6.07, 6.45) is 1.47. The summed E-state index contributed by atoms with van der Waals surface area (Å²) in [5, 5.41) is 4.42. The van der Waals surface area contributed by atoms with Gasteiger partial charge in [-0.3, -0.25) is 9.10 Å². The molecule has 0 aliphatic heterocycles. The summed E-state index contributed by atoms with van der Waals surface area (Å²) >= 11 is 5.96. The number of benzene rings is 4. The molecule has 0 heterocycles. The molecule has 0 saturated heterocycles. The van der Waals surface area contributed by atoms with Gasteiger partial charge in [0, 0.05) is 5.02 Å². The van der Waals surface area contributed by atoms with Crippen LogP contribution in [-0.4, -0.2) is 27.1 Å². The zero-order chi connectivity index (χ0) is 26.1. The molecule has 4 aromatic rings. The molecule has 37 heavy (non-hydrogen) atoms. The second-order valence-electron chi connectivity index (χ2n) is 7.94. The molecule has 188 valence electrons. The number of anilines is 1. The Hall–Kier alpha value is -4.14. The predicted octanol–water partition coefficient (Wildman–Crippen LogP) is 5.26. The average molecular weight is 534 g/mol. The highest BCUT2D eigenvalue weighted by Crippen LogP contribution is 2.25. The number of amides is 1. The van der Waals surface area contributed by atoms with Gasteiger partial charge in [0.25, 0.3) is 15.9 Å². The van der Waals surface area contributed by atoms with Crippen LogP contribution < -0.4 is 14.5 Å². The number of nitrogens with zero attached hydrogens (tertiary/aromatic N) is 2. The Morgan fingerprint density at radius 3 is 2.14 bits per heavy atom. The topological polar surface area (TPSA) is 88.1 Å². The second kappa shape index (κ2) is 12.2. The van der Waals surface area contributed by atoms with E-state index in [1.165, 1.54) is 18.3 Å². The van der Waals surface area contributed by atoms with Crippen molar-refractivity contribution in [3.05, 3.63) is 125 Å². The first kappa shape index (κ1) is 25.9. The highest BCUT2D eigenvalue weighted by atomic mass is 35.5. The van der Waals surface area contributed by atoms with Gasteiger partial charge in [-0.2, -0.15) is 5.10 Å². The normalized spacial score (nSPS) is 11.3. The number of hydrogen-bond acceptors (Lipinski definition) is 5. The second-order valence-corrected chi connectivity index (χ2v) is 10.2. The van der Waals surface area contributed by atoms with E-state index in [1.54, 1.807) is 66.7 Å². The van der Waals surface area contributed by atoms with Crippen molar-refractivity contribution >= 4 is 39.4 Å². The minimum Gasteiger partial charge on any atom is -0.489 e. The Kier molecular flexibility index (Phi) is 8.56. The van der Waals surface area contributed by atoms with E-state index >= 15 is 0 Å². The van der Waals surface area contributed by atoms with Crippen molar-refractivity contribution in [1.82, 2.24) is 5.43 Å². The highest BCUT2D eigenvalue weighted by molar-refractivity contribution is 7.92. The van der Waals surface area contributed by atoms with Crippen molar-refractivity contribution in [2.45, 2.75) is 11.5 Å². The van der Waals surface area contributed by atoms with Gasteiger partial charge >= 0.3 is 0 Å². The molecule has 0 aliphatic rings. The molecule has 4 rings (SSSR count). The minimum atomic E-state index is -4.01. The molecular formula is C28H24ClN3O4S. The van der Waals surface area contributed by atoms with Crippen LogP contribution in [0.3, 0.4) is 0 Å². The van der Waals surface area contributed by atoms with Crippen LogP contribution in [0.2, 0.25) is 5.02 Å². The molecule has 0 saturated carbocycles. The number of carbonyl (C=O) groups is 1. The molecule has 0 radical (unpaired) electrons. The third-order valence-corrected chi connectivity index (χ3v) is 7.30. The van der Waals surface area contributed by atoms with Crippen LogP contribution in [0.25, 0.3) is 0 Å². The fraction of sp³-hybridized carbons (Fsp3) is 0.0714. The van der Waals surface area contributed by atoms with E-state index in [4.69, 9.17) is 16.3 Å². The van der Waals surface area contributed by atoms with E-state index in [0.717, 1.165) is 15.4 Å². The summed E-state index contributed by atoms with van der Waals surface area (Å²) in [7, 11) is -4.01. The fourth-order valence-electron chi connectivity index (χ4n) is 3.38. The molecule has 1 N–H and O–H groups in total. The van der Waals surface area contributed by atoms with Gasteiger partial charge in [-0.1, -0.05) is 60.1 Å². The third kappa shape index (κ3) is 7.19. The monoisotopic (exact) mass is 533 g/mol. The van der Waals surface area contributed by atoms with Gasteiger partial charge in [0.15, 0.2) is 0 Å². The van der Waals surface area contributed by atoms with E-state index in [2.05, 4.69) is 10.5 Å². The number of hydrazone groups is 1. The van der Waals surface area contributed by atoms with E-state index < -0.39 is 22.5 Å². The Morgan fingerprint density at radius 1 is 0.865 bits per heavy atom. The van der Waals surface area contributed by atoms with Crippen LogP contribution in [0.4, 0.5) is 5.69 Å². The Balaban J connectivity index is 1.39. The number of hydrogen-bond donors (Lipinski definition) is 1. The third-order valence-electron chi connectivity index (χ3n) is 5.26. The van der Waals surface area contributed by atoms with Gasteiger partial charge in [-0.05, 0) is 71.8 Å². The van der Waals surface area contributed by atoms with E-state index in [0.29, 0.717) is 23.1 Å². The lowest BCUT2D eigenvalue weighted by molar-refractivity contribution is -0.119. The van der Waals surface area contributed by atoms with Crippen LogP contribution in [0.1, 0.15) is 11.1 Å². The van der Waals surface area contributed by atoms with Gasteiger partial charge in [-0.25, -0.2) is 13.8 Å². The molecule has 0 aromatic heterocycles. The quantitative estimate of drug-likeness (QED) is 0.222. The maximum Gasteiger partial charge on any atom is 0.264 e. The van der Waals surface area contributed by atoms with Gasteiger partial charge in [0.05, 0.1) is 16.8 Å². The number of carbonyl (C=O) groups excluding carboxylic acids is 1. The molecule has 0 spiro atoms. The lowest BCUT2D eigenvalue weighted by Crippen LogP contribution is -2.39. The molecule has 0 fully saturated rings. The standard InChI is InChI=1S/C28H24ClN3O4S/c29-24-13-15-25(16-14-24)32(37(34,35)27-9-5-2-6-10-27)20-28(33)31-30-19-22-11-17-26(18-12-22)36-21-23-7-3-1-4-8-23/h1-19H,20-21H2,(H,31,33). The van der Waals surface area contributed by atoms with Gasteiger partial charge in [-0.15, -0.1) is 0 Å². The predicted molar refractivity (Wildman–Crippen MR) is 145 cm³/mol. The number of sulfonamides is 1. The fourth-order valence-corrected chi connectivity index (χ4v) is 4.95. The maximum absolute atomic E-state index is 13.3. The van der Waals surface area contributed by atoms with Crippen LogP contribution in [0.15, 0.2) is 119 Å². The molecule has 1 amide bonds. The molecule has 7 nitrogen and oxygen atoms in total. The maximum atomic E-state index is 13.3. The number of rotatable bonds is 10. The Labute approximate surface area is 221 Å². The summed E-state index contributed by atoms with van der Waals surface area (Å²) in [6.45, 7) is -0.0111. The molecule has 0 aliphatic carbocycles. The molecule has 0 unspecified atom stereocenters. The first-order valence-corrected chi connectivity index (χ1v) is 13.2. The van der Waals surface area contributed by atoms with Crippen molar-refractivity contribution in [3.8, 4) is 5.75 Å². The lowest BCUT2D eigenvalue weighted by Gasteiger charge is -2.23. The average Bonchev–Trinajstić information content (AvgIpc) is 2.93. The summed E-state index contributed by atoms with van der Waals surface area (Å²) in [4.78, 5) is 12.7. The largest absolute Gasteiger partial charge is 0.489 e. The van der Waals surface area contributed by atoms with Gasteiger partial charge in [0.1, 0.15) is 18.9 Å².